The number of carbonyl (C=O) groups excluding carboxylic acids is 1. The second kappa shape index (κ2) is 4.74. The molecule has 1 aliphatic carbocycles. The summed E-state index contributed by atoms with van der Waals surface area (Å²) in [5.41, 5.74) is 0. The summed E-state index contributed by atoms with van der Waals surface area (Å²) in [5, 5.41) is 0. The van der Waals surface area contributed by atoms with Crippen molar-refractivity contribution in [3.05, 3.63) is 0 Å². The summed E-state index contributed by atoms with van der Waals surface area (Å²) >= 11 is 0. The molecule has 1 atom stereocenters. The molecule has 0 aromatic heterocycles. The molecule has 0 spiro atoms. The van der Waals surface area contributed by atoms with Gasteiger partial charge in [0.15, 0.2) is 0 Å². The van der Waals surface area contributed by atoms with Crippen molar-refractivity contribution in [2.45, 2.75) is 39.7 Å². The van der Waals surface area contributed by atoms with Gasteiger partial charge in [0, 0.05) is 38.1 Å². The lowest BCUT2D eigenvalue weighted by atomic mass is 10.0. The van der Waals surface area contributed by atoms with Gasteiger partial charge in [-0.3, -0.25) is 9.69 Å². The van der Waals surface area contributed by atoms with E-state index >= 15 is 0 Å². The summed E-state index contributed by atoms with van der Waals surface area (Å²) in [6, 6.07) is 0.637. The molecule has 1 aliphatic heterocycles. The molecule has 0 radical (unpaired) electrons. The molecule has 1 saturated heterocycles. The van der Waals surface area contributed by atoms with E-state index in [-0.39, 0.29) is 0 Å². The van der Waals surface area contributed by atoms with E-state index in [1.807, 2.05) is 0 Å². The van der Waals surface area contributed by atoms with Crippen LogP contribution < -0.4 is 0 Å². The van der Waals surface area contributed by atoms with Gasteiger partial charge in [-0.1, -0.05) is 13.8 Å². The summed E-state index contributed by atoms with van der Waals surface area (Å²) in [5.74, 6) is 1.50. The molecule has 2 fully saturated rings. The van der Waals surface area contributed by atoms with E-state index in [9.17, 15) is 4.79 Å². The predicted molar refractivity (Wildman–Crippen MR) is 65.2 cm³/mol. The third-order valence-corrected chi connectivity index (χ3v) is 4.09. The highest BCUT2D eigenvalue weighted by atomic mass is 16.2. The zero-order chi connectivity index (χ0) is 11.7. The number of carbonyl (C=O) groups is 1. The number of hydrogen-bond donors (Lipinski definition) is 0. The minimum atomic E-state index is 0.383. The summed E-state index contributed by atoms with van der Waals surface area (Å²) in [4.78, 5) is 16.5. The highest BCUT2D eigenvalue weighted by Gasteiger charge is 2.35. The Hall–Kier alpha value is -0.570. The fourth-order valence-electron chi connectivity index (χ4n) is 2.36. The quantitative estimate of drug-likeness (QED) is 0.727. The highest BCUT2D eigenvalue weighted by molar-refractivity contribution is 5.81. The first-order valence-corrected chi connectivity index (χ1v) is 6.62. The SMILES string of the molecule is CC(C)[C@@H](C)N1CCN(C(=O)C2CC2)CC1. The molecule has 0 bridgehead atoms. The molecule has 3 heteroatoms. The van der Waals surface area contributed by atoms with Gasteiger partial charge in [0.05, 0.1) is 0 Å². The molecular weight excluding hydrogens is 200 g/mol. The Morgan fingerprint density at radius 1 is 1.06 bits per heavy atom. The second-order valence-electron chi connectivity index (χ2n) is 5.62. The molecule has 1 amide bonds. The minimum Gasteiger partial charge on any atom is -0.340 e. The highest BCUT2D eigenvalue weighted by Crippen LogP contribution is 2.31. The lowest BCUT2D eigenvalue weighted by Crippen LogP contribution is -2.52. The van der Waals surface area contributed by atoms with Crippen LogP contribution in [0.4, 0.5) is 0 Å². The van der Waals surface area contributed by atoms with E-state index in [0.717, 1.165) is 39.0 Å². The number of hydrogen-bond acceptors (Lipinski definition) is 2. The third-order valence-electron chi connectivity index (χ3n) is 4.09. The molecule has 3 nitrogen and oxygen atoms in total. The van der Waals surface area contributed by atoms with Crippen molar-refractivity contribution in [1.82, 2.24) is 9.80 Å². The van der Waals surface area contributed by atoms with E-state index in [0.29, 0.717) is 23.8 Å². The van der Waals surface area contributed by atoms with E-state index in [1.54, 1.807) is 0 Å². The van der Waals surface area contributed by atoms with Gasteiger partial charge in [-0.25, -0.2) is 0 Å². The van der Waals surface area contributed by atoms with Crippen LogP contribution in [0.2, 0.25) is 0 Å². The average molecular weight is 224 g/mol. The Morgan fingerprint density at radius 3 is 2.06 bits per heavy atom. The minimum absolute atomic E-state index is 0.383. The van der Waals surface area contributed by atoms with Crippen LogP contribution >= 0.6 is 0 Å². The van der Waals surface area contributed by atoms with Crippen molar-refractivity contribution in [1.29, 1.82) is 0 Å². The fraction of sp³-hybridized carbons (Fsp3) is 0.923. The molecule has 2 rings (SSSR count). The first kappa shape index (κ1) is 11.9. The Morgan fingerprint density at radius 2 is 1.62 bits per heavy atom. The van der Waals surface area contributed by atoms with Crippen molar-refractivity contribution in [2.24, 2.45) is 11.8 Å². The first-order valence-electron chi connectivity index (χ1n) is 6.62. The van der Waals surface area contributed by atoms with Crippen LogP contribution in [0.15, 0.2) is 0 Å². The Bertz CT molecular complexity index is 253. The van der Waals surface area contributed by atoms with Gasteiger partial charge in [0.2, 0.25) is 5.91 Å². The molecule has 0 aromatic rings. The van der Waals surface area contributed by atoms with Crippen LogP contribution in [-0.2, 0) is 4.79 Å². The number of rotatable bonds is 3. The lowest BCUT2D eigenvalue weighted by molar-refractivity contribution is -0.134. The van der Waals surface area contributed by atoms with E-state index in [1.165, 1.54) is 0 Å². The van der Waals surface area contributed by atoms with Crippen molar-refractivity contribution in [3.8, 4) is 0 Å². The van der Waals surface area contributed by atoms with Crippen LogP contribution in [0, 0.1) is 11.8 Å². The second-order valence-corrected chi connectivity index (χ2v) is 5.62. The normalized spacial score (nSPS) is 24.9. The predicted octanol–water partition coefficient (Wildman–Crippen LogP) is 1.59. The maximum atomic E-state index is 11.9. The maximum absolute atomic E-state index is 11.9. The summed E-state index contributed by atoms with van der Waals surface area (Å²) in [6.45, 7) is 10.8. The standard InChI is InChI=1S/C13H24N2O/c1-10(2)11(3)14-6-8-15(9-7-14)13(16)12-4-5-12/h10-12H,4-9H2,1-3H3/t11-/m1/s1. The van der Waals surface area contributed by atoms with Gasteiger partial charge >= 0.3 is 0 Å². The van der Waals surface area contributed by atoms with Crippen LogP contribution in [0.1, 0.15) is 33.6 Å². The zero-order valence-corrected chi connectivity index (χ0v) is 10.8. The van der Waals surface area contributed by atoms with E-state index < -0.39 is 0 Å². The maximum Gasteiger partial charge on any atom is 0.225 e. The monoisotopic (exact) mass is 224 g/mol. The molecule has 0 aromatic carbocycles. The van der Waals surface area contributed by atoms with Gasteiger partial charge in [-0.15, -0.1) is 0 Å². The van der Waals surface area contributed by atoms with Crippen LogP contribution in [0.5, 0.6) is 0 Å². The number of nitrogens with zero attached hydrogens (tertiary/aromatic N) is 2. The molecule has 1 saturated carbocycles. The van der Waals surface area contributed by atoms with Gasteiger partial charge in [0.25, 0.3) is 0 Å². The van der Waals surface area contributed by atoms with E-state index in [4.69, 9.17) is 0 Å². The Kier molecular flexibility index (Phi) is 3.53. The lowest BCUT2D eigenvalue weighted by Gasteiger charge is -2.39. The molecule has 0 N–H and O–H groups in total. The third kappa shape index (κ3) is 2.57. The molecule has 92 valence electrons. The molecule has 2 aliphatic rings. The van der Waals surface area contributed by atoms with Crippen LogP contribution in [0.25, 0.3) is 0 Å². The zero-order valence-electron chi connectivity index (χ0n) is 10.8. The topological polar surface area (TPSA) is 23.6 Å². The van der Waals surface area contributed by atoms with Crippen molar-refractivity contribution in [2.75, 3.05) is 26.2 Å². The van der Waals surface area contributed by atoms with Crippen molar-refractivity contribution < 1.29 is 4.79 Å². The molecule has 0 unspecified atom stereocenters. The number of amides is 1. The summed E-state index contributed by atoms with van der Waals surface area (Å²) in [6.07, 6.45) is 2.25. The average Bonchev–Trinajstić information content (AvgIpc) is 3.11. The van der Waals surface area contributed by atoms with Gasteiger partial charge in [-0.2, -0.15) is 0 Å². The smallest absolute Gasteiger partial charge is 0.225 e. The van der Waals surface area contributed by atoms with E-state index in [2.05, 4.69) is 30.6 Å². The van der Waals surface area contributed by atoms with Crippen LogP contribution in [0.3, 0.4) is 0 Å². The van der Waals surface area contributed by atoms with Crippen molar-refractivity contribution in [3.63, 3.8) is 0 Å². The number of piperazine rings is 1. The van der Waals surface area contributed by atoms with Crippen molar-refractivity contribution >= 4 is 5.91 Å². The van der Waals surface area contributed by atoms with Gasteiger partial charge in [0.1, 0.15) is 0 Å². The van der Waals surface area contributed by atoms with Gasteiger partial charge < -0.3 is 4.90 Å². The van der Waals surface area contributed by atoms with Crippen LogP contribution in [-0.4, -0.2) is 47.9 Å². The summed E-state index contributed by atoms with van der Waals surface area (Å²) in [7, 11) is 0. The molecule has 1 heterocycles. The first-order chi connectivity index (χ1) is 7.59. The van der Waals surface area contributed by atoms with Gasteiger partial charge in [-0.05, 0) is 25.7 Å². The molecular formula is C13H24N2O. The summed E-state index contributed by atoms with van der Waals surface area (Å²) < 4.78 is 0. The molecule has 16 heavy (non-hydrogen) atoms. The Labute approximate surface area is 98.8 Å². The largest absolute Gasteiger partial charge is 0.340 e. The Balaban J connectivity index is 1.79. The fourth-order valence-corrected chi connectivity index (χ4v) is 2.36.